The lowest BCUT2D eigenvalue weighted by atomic mass is 9.92. The second-order valence-corrected chi connectivity index (χ2v) is 7.58. The summed E-state index contributed by atoms with van der Waals surface area (Å²) in [5.41, 5.74) is 0.725. The van der Waals surface area contributed by atoms with Crippen LogP contribution in [0.15, 0.2) is 0 Å². The molecule has 23 heavy (non-hydrogen) atoms. The minimum absolute atomic E-state index is 0.0475. The van der Waals surface area contributed by atoms with Gasteiger partial charge in [-0.05, 0) is 32.1 Å². The Kier molecular flexibility index (Phi) is 4.97. The minimum atomic E-state index is -0.568. The first-order valence-corrected chi connectivity index (χ1v) is 8.15. The summed E-state index contributed by atoms with van der Waals surface area (Å²) in [6, 6.07) is 0. The summed E-state index contributed by atoms with van der Waals surface area (Å²) in [6.45, 7) is 10.4. The third-order valence-electron chi connectivity index (χ3n) is 4.20. The Morgan fingerprint density at radius 2 is 1.57 bits per heavy atom. The van der Waals surface area contributed by atoms with Gasteiger partial charge in [0.2, 0.25) is 5.91 Å². The highest BCUT2D eigenvalue weighted by Crippen LogP contribution is 2.36. The van der Waals surface area contributed by atoms with Crippen molar-refractivity contribution in [1.82, 2.24) is 0 Å². The van der Waals surface area contributed by atoms with E-state index in [2.05, 4.69) is 5.32 Å². The largest absolute Gasteiger partial charge is 0.367 e. The Morgan fingerprint density at radius 1 is 1.09 bits per heavy atom. The second-order valence-electron chi connectivity index (χ2n) is 7.58. The minimum Gasteiger partial charge on any atom is -0.367 e. The van der Waals surface area contributed by atoms with Gasteiger partial charge in [0.05, 0.1) is 5.69 Å². The Labute approximate surface area is 137 Å². The summed E-state index contributed by atoms with van der Waals surface area (Å²) >= 11 is 0. The molecule has 0 bridgehead atoms. The highest BCUT2D eigenvalue weighted by Gasteiger charge is 2.27. The first-order chi connectivity index (χ1) is 10.6. The molecule has 1 aromatic rings. The molecule has 0 saturated carbocycles. The van der Waals surface area contributed by atoms with E-state index in [1.165, 1.54) is 0 Å². The summed E-state index contributed by atoms with van der Waals surface area (Å²) in [7, 11) is 0. The molecule has 0 unspecified atom stereocenters. The Morgan fingerprint density at radius 3 is 2.00 bits per heavy atom. The summed E-state index contributed by atoms with van der Waals surface area (Å²) in [5.74, 6) is -1.36. The van der Waals surface area contributed by atoms with Crippen molar-refractivity contribution in [2.24, 2.45) is 5.41 Å². The van der Waals surface area contributed by atoms with Crippen LogP contribution < -0.4 is 10.2 Å². The zero-order valence-electron chi connectivity index (χ0n) is 14.6. The van der Waals surface area contributed by atoms with Gasteiger partial charge in [0.1, 0.15) is 5.69 Å². The fourth-order valence-electron chi connectivity index (χ4n) is 3.02. The molecule has 2 rings (SSSR count). The molecule has 128 valence electrons. The highest BCUT2D eigenvalue weighted by atomic mass is 19.1. The maximum absolute atomic E-state index is 14.7. The molecule has 0 aliphatic carbocycles. The van der Waals surface area contributed by atoms with Gasteiger partial charge >= 0.3 is 0 Å². The van der Waals surface area contributed by atoms with Gasteiger partial charge in [-0.3, -0.25) is 4.79 Å². The van der Waals surface area contributed by atoms with Crippen molar-refractivity contribution in [1.29, 1.82) is 0 Å². The van der Waals surface area contributed by atoms with Crippen LogP contribution in [0.4, 0.5) is 20.2 Å². The zero-order chi connectivity index (χ0) is 17.4. The normalized spacial score (nSPS) is 15.2. The summed E-state index contributed by atoms with van der Waals surface area (Å²) in [4.78, 5) is 13.9. The molecule has 1 aliphatic heterocycles. The fraction of sp³-hybridized carbons (Fsp3) is 0.611. The van der Waals surface area contributed by atoms with E-state index in [0.717, 1.165) is 12.8 Å². The monoisotopic (exact) mass is 324 g/mol. The van der Waals surface area contributed by atoms with Gasteiger partial charge in [0.25, 0.3) is 0 Å². The van der Waals surface area contributed by atoms with Crippen LogP contribution in [0.25, 0.3) is 0 Å². The number of amides is 1. The molecule has 0 radical (unpaired) electrons. The van der Waals surface area contributed by atoms with E-state index >= 15 is 0 Å². The van der Waals surface area contributed by atoms with Crippen LogP contribution in [0, 0.1) is 30.9 Å². The van der Waals surface area contributed by atoms with Crippen LogP contribution in [0.1, 0.15) is 51.2 Å². The lowest BCUT2D eigenvalue weighted by molar-refractivity contribution is -0.117. The lowest BCUT2D eigenvalue weighted by Crippen LogP contribution is -2.24. The zero-order valence-corrected chi connectivity index (χ0v) is 14.6. The van der Waals surface area contributed by atoms with Gasteiger partial charge in [-0.2, -0.15) is 0 Å². The molecular formula is C18H26F2N2O. The fourth-order valence-corrected chi connectivity index (χ4v) is 3.02. The molecule has 3 nitrogen and oxygen atoms in total. The number of nitrogens with zero attached hydrogens (tertiary/aromatic N) is 1. The third-order valence-corrected chi connectivity index (χ3v) is 4.20. The predicted molar refractivity (Wildman–Crippen MR) is 90.0 cm³/mol. The smallest absolute Gasteiger partial charge is 0.224 e. The molecule has 1 fully saturated rings. The van der Waals surface area contributed by atoms with E-state index in [1.54, 1.807) is 18.7 Å². The van der Waals surface area contributed by atoms with E-state index in [1.807, 2.05) is 20.8 Å². The number of halogens is 2. The maximum Gasteiger partial charge on any atom is 0.224 e. The third kappa shape index (κ3) is 3.82. The number of rotatable bonds is 3. The molecule has 0 atom stereocenters. The second kappa shape index (κ2) is 6.46. The van der Waals surface area contributed by atoms with Gasteiger partial charge in [0.15, 0.2) is 11.6 Å². The number of anilines is 2. The van der Waals surface area contributed by atoms with Crippen LogP contribution in [0.5, 0.6) is 0 Å². The average molecular weight is 324 g/mol. The molecular weight excluding hydrogens is 298 g/mol. The molecule has 1 heterocycles. The van der Waals surface area contributed by atoms with Gasteiger partial charge in [-0.1, -0.05) is 20.8 Å². The Balaban J connectivity index is 2.37. The highest BCUT2D eigenvalue weighted by molar-refractivity contribution is 5.93. The standard InChI is InChI=1S/C18H26F2N2O/c1-11-14(19)17(22-8-6-7-9-22)15(20)12(2)16(11)21-13(23)10-18(3,4)5/h6-10H2,1-5H3,(H,21,23). The number of hydrogen-bond acceptors (Lipinski definition) is 2. The molecule has 1 N–H and O–H groups in total. The number of carbonyl (C=O) groups excluding carboxylic acids is 1. The molecule has 1 aromatic carbocycles. The van der Waals surface area contributed by atoms with Crippen molar-refractivity contribution in [3.63, 3.8) is 0 Å². The summed E-state index contributed by atoms with van der Waals surface area (Å²) in [6.07, 6.45) is 2.19. The van der Waals surface area contributed by atoms with Crippen LogP contribution in [0.2, 0.25) is 0 Å². The average Bonchev–Trinajstić information content (AvgIpc) is 2.93. The van der Waals surface area contributed by atoms with E-state index in [9.17, 15) is 13.6 Å². The van der Waals surface area contributed by atoms with Gasteiger partial charge in [0, 0.05) is 30.6 Å². The van der Waals surface area contributed by atoms with E-state index in [4.69, 9.17) is 0 Å². The number of hydrogen-bond donors (Lipinski definition) is 1. The first kappa shape index (κ1) is 17.7. The first-order valence-electron chi connectivity index (χ1n) is 8.15. The van der Waals surface area contributed by atoms with Crippen LogP contribution in [-0.4, -0.2) is 19.0 Å². The predicted octanol–water partition coefficient (Wildman–Crippen LogP) is 4.56. The number of carbonyl (C=O) groups is 1. The van der Waals surface area contributed by atoms with Gasteiger partial charge in [-0.25, -0.2) is 8.78 Å². The van der Waals surface area contributed by atoms with Crippen molar-refractivity contribution >= 4 is 17.3 Å². The van der Waals surface area contributed by atoms with E-state index in [0.29, 0.717) is 30.6 Å². The molecule has 1 saturated heterocycles. The number of nitrogens with one attached hydrogen (secondary N) is 1. The van der Waals surface area contributed by atoms with E-state index in [-0.39, 0.29) is 22.7 Å². The summed E-state index contributed by atoms with van der Waals surface area (Å²) < 4.78 is 29.4. The topological polar surface area (TPSA) is 32.3 Å². The summed E-state index contributed by atoms with van der Waals surface area (Å²) in [5, 5.41) is 2.70. The molecule has 0 aromatic heterocycles. The van der Waals surface area contributed by atoms with Gasteiger partial charge in [-0.15, -0.1) is 0 Å². The van der Waals surface area contributed by atoms with Gasteiger partial charge < -0.3 is 10.2 Å². The SMILES string of the molecule is Cc1c(F)c(N2CCCC2)c(F)c(C)c1NC(=O)CC(C)(C)C. The van der Waals surface area contributed by atoms with Crippen LogP contribution in [0.3, 0.4) is 0 Å². The quantitative estimate of drug-likeness (QED) is 0.884. The van der Waals surface area contributed by atoms with E-state index < -0.39 is 11.6 Å². The van der Waals surface area contributed by atoms with Crippen molar-refractivity contribution < 1.29 is 13.6 Å². The van der Waals surface area contributed by atoms with Crippen LogP contribution >= 0.6 is 0 Å². The van der Waals surface area contributed by atoms with Crippen molar-refractivity contribution in [2.45, 2.75) is 53.9 Å². The number of benzene rings is 1. The van der Waals surface area contributed by atoms with Crippen LogP contribution in [-0.2, 0) is 4.79 Å². The Bertz CT molecular complexity index is 585. The molecule has 1 amide bonds. The molecule has 5 heteroatoms. The van der Waals surface area contributed by atoms with Crippen molar-refractivity contribution in [2.75, 3.05) is 23.3 Å². The molecule has 0 spiro atoms. The maximum atomic E-state index is 14.7. The lowest BCUT2D eigenvalue weighted by Gasteiger charge is -2.24. The molecule has 1 aliphatic rings. The van der Waals surface area contributed by atoms with Crippen molar-refractivity contribution in [3.05, 3.63) is 22.8 Å². The van der Waals surface area contributed by atoms with Crippen molar-refractivity contribution in [3.8, 4) is 0 Å². The Hall–Kier alpha value is -1.65.